The average Bonchev–Trinajstić information content (AvgIpc) is 2.92. The quantitative estimate of drug-likeness (QED) is 0.893. The van der Waals surface area contributed by atoms with Gasteiger partial charge in [0, 0.05) is 17.2 Å². The van der Waals surface area contributed by atoms with Gasteiger partial charge in [-0.2, -0.15) is 0 Å². The maximum atomic E-state index is 11.5. The summed E-state index contributed by atoms with van der Waals surface area (Å²) in [4.78, 5) is 0. The van der Waals surface area contributed by atoms with Gasteiger partial charge in [0.1, 0.15) is 0 Å². The molecule has 3 nitrogen and oxygen atoms in total. The van der Waals surface area contributed by atoms with Crippen LogP contribution in [-0.4, -0.2) is 26.5 Å². The minimum atomic E-state index is -3.01. The molecule has 1 aliphatic carbocycles. The van der Waals surface area contributed by atoms with Crippen LogP contribution in [0.25, 0.3) is 0 Å². The van der Waals surface area contributed by atoms with Crippen LogP contribution in [0.1, 0.15) is 11.5 Å². The van der Waals surface area contributed by atoms with Crippen LogP contribution < -0.4 is 5.73 Å². The van der Waals surface area contributed by atoms with Gasteiger partial charge in [0.25, 0.3) is 0 Å². The van der Waals surface area contributed by atoms with E-state index in [4.69, 9.17) is 17.3 Å². The van der Waals surface area contributed by atoms with Crippen LogP contribution in [0.4, 0.5) is 0 Å². The number of halogens is 1. The van der Waals surface area contributed by atoms with E-state index in [1.54, 1.807) is 12.1 Å². The minimum absolute atomic E-state index is 0.0391. The van der Waals surface area contributed by atoms with E-state index in [1.807, 2.05) is 12.1 Å². The normalized spacial score (nSPS) is 29.1. The summed E-state index contributed by atoms with van der Waals surface area (Å²) >= 11 is 5.79. The number of hydrogen-bond acceptors (Lipinski definition) is 3. The first kappa shape index (κ1) is 11.9. The van der Waals surface area contributed by atoms with Crippen LogP contribution >= 0.6 is 11.6 Å². The Balaban J connectivity index is 2.27. The first-order valence-electron chi connectivity index (χ1n) is 5.09. The molecule has 1 fully saturated rings. The van der Waals surface area contributed by atoms with Crippen molar-refractivity contribution in [2.24, 2.45) is 11.7 Å². The van der Waals surface area contributed by atoms with Gasteiger partial charge >= 0.3 is 0 Å². The first-order valence-corrected chi connectivity index (χ1v) is 7.43. The molecule has 1 aromatic rings. The molecule has 0 aliphatic heterocycles. The van der Waals surface area contributed by atoms with Crippen LogP contribution in [0.5, 0.6) is 0 Å². The van der Waals surface area contributed by atoms with Crippen LogP contribution in [0, 0.1) is 5.92 Å². The summed E-state index contributed by atoms with van der Waals surface area (Å²) in [7, 11) is -3.01. The van der Waals surface area contributed by atoms with Crippen LogP contribution in [0.3, 0.4) is 0 Å². The van der Waals surface area contributed by atoms with Crippen molar-refractivity contribution in [2.75, 3.05) is 12.8 Å². The lowest BCUT2D eigenvalue weighted by Crippen LogP contribution is -2.11. The highest BCUT2D eigenvalue weighted by atomic mass is 35.5. The Labute approximate surface area is 101 Å². The summed E-state index contributed by atoms with van der Waals surface area (Å²) in [6.07, 6.45) is 1.27. The van der Waals surface area contributed by atoms with Crippen LogP contribution in [0.2, 0.25) is 5.02 Å². The second kappa shape index (κ2) is 4.02. The SMILES string of the molecule is CS(=O)(=O)[C@H]1[C@@H](CN)[C@@H]1c1ccc(Cl)cc1. The molecule has 0 amide bonds. The van der Waals surface area contributed by atoms with Crippen molar-refractivity contribution >= 4 is 21.4 Å². The Morgan fingerprint density at radius 2 is 1.88 bits per heavy atom. The third-order valence-corrected chi connectivity index (χ3v) is 5.00. The van der Waals surface area contributed by atoms with Crippen molar-refractivity contribution in [1.29, 1.82) is 0 Å². The molecule has 1 aromatic carbocycles. The van der Waals surface area contributed by atoms with Crippen LogP contribution in [-0.2, 0) is 9.84 Å². The zero-order chi connectivity index (χ0) is 11.9. The molecule has 0 saturated heterocycles. The zero-order valence-corrected chi connectivity index (χ0v) is 10.5. The molecule has 0 aromatic heterocycles. The first-order chi connectivity index (χ1) is 7.45. The predicted molar refractivity (Wildman–Crippen MR) is 65.4 cm³/mol. The molecule has 88 valence electrons. The highest BCUT2D eigenvalue weighted by molar-refractivity contribution is 7.91. The average molecular weight is 260 g/mol. The molecule has 5 heteroatoms. The molecule has 0 heterocycles. The second-order valence-corrected chi connectivity index (χ2v) is 6.91. The van der Waals surface area contributed by atoms with Crippen molar-refractivity contribution in [2.45, 2.75) is 11.2 Å². The Morgan fingerprint density at radius 1 is 1.31 bits per heavy atom. The van der Waals surface area contributed by atoms with E-state index in [2.05, 4.69) is 0 Å². The summed E-state index contributed by atoms with van der Waals surface area (Å²) in [6.45, 7) is 0.408. The van der Waals surface area contributed by atoms with Crippen molar-refractivity contribution in [3.63, 3.8) is 0 Å². The molecule has 1 saturated carbocycles. The summed E-state index contributed by atoms with van der Waals surface area (Å²) < 4.78 is 23.1. The molecule has 0 spiro atoms. The third-order valence-electron chi connectivity index (χ3n) is 3.12. The van der Waals surface area contributed by atoms with Gasteiger partial charge in [-0.1, -0.05) is 23.7 Å². The van der Waals surface area contributed by atoms with E-state index < -0.39 is 9.84 Å². The van der Waals surface area contributed by atoms with Gasteiger partial charge in [-0.3, -0.25) is 0 Å². The molecule has 2 rings (SSSR count). The molecule has 0 radical (unpaired) electrons. The van der Waals surface area contributed by atoms with Gasteiger partial charge in [-0.25, -0.2) is 8.42 Å². The lowest BCUT2D eigenvalue weighted by molar-refractivity contribution is 0.597. The van der Waals surface area contributed by atoms with Gasteiger partial charge in [0.05, 0.1) is 5.25 Å². The Morgan fingerprint density at radius 3 is 2.25 bits per heavy atom. The van der Waals surface area contributed by atoms with Gasteiger partial charge < -0.3 is 5.73 Å². The Bertz CT molecular complexity index is 483. The van der Waals surface area contributed by atoms with E-state index in [9.17, 15) is 8.42 Å². The van der Waals surface area contributed by atoms with E-state index in [0.717, 1.165) is 5.56 Å². The van der Waals surface area contributed by atoms with E-state index in [0.29, 0.717) is 11.6 Å². The standard InChI is InChI=1S/C11H14ClNO2S/c1-16(14,15)11-9(6-13)10(11)7-2-4-8(12)5-3-7/h2-5,9-11H,6,13H2,1H3/t9-,10-,11-/m0/s1. The number of rotatable bonds is 3. The molecule has 2 N–H and O–H groups in total. The predicted octanol–water partition coefficient (Wildman–Crippen LogP) is 1.43. The maximum Gasteiger partial charge on any atom is 0.151 e. The van der Waals surface area contributed by atoms with Crippen LogP contribution in [0.15, 0.2) is 24.3 Å². The van der Waals surface area contributed by atoms with E-state index >= 15 is 0 Å². The lowest BCUT2D eigenvalue weighted by atomic mass is 10.1. The highest BCUT2D eigenvalue weighted by Crippen LogP contribution is 2.51. The summed E-state index contributed by atoms with van der Waals surface area (Å²) in [5.74, 6) is 0.0912. The smallest absolute Gasteiger partial charge is 0.151 e. The molecule has 0 unspecified atom stereocenters. The van der Waals surface area contributed by atoms with Crippen molar-refractivity contribution < 1.29 is 8.42 Å². The van der Waals surface area contributed by atoms with Gasteiger partial charge in [-0.15, -0.1) is 0 Å². The molecular weight excluding hydrogens is 246 g/mol. The van der Waals surface area contributed by atoms with Gasteiger partial charge in [0.2, 0.25) is 0 Å². The number of hydrogen-bond donors (Lipinski definition) is 1. The van der Waals surface area contributed by atoms with E-state index in [-0.39, 0.29) is 17.1 Å². The minimum Gasteiger partial charge on any atom is -0.330 e. The lowest BCUT2D eigenvalue weighted by Gasteiger charge is -1.99. The van der Waals surface area contributed by atoms with E-state index in [1.165, 1.54) is 6.26 Å². The third kappa shape index (κ3) is 2.10. The maximum absolute atomic E-state index is 11.5. The fourth-order valence-corrected chi connectivity index (χ4v) is 4.17. The number of sulfone groups is 1. The van der Waals surface area contributed by atoms with Crippen molar-refractivity contribution in [1.82, 2.24) is 0 Å². The largest absolute Gasteiger partial charge is 0.330 e. The monoisotopic (exact) mass is 259 g/mol. The van der Waals surface area contributed by atoms with Gasteiger partial charge in [-0.05, 0) is 30.2 Å². The molecular formula is C11H14ClNO2S. The number of benzene rings is 1. The van der Waals surface area contributed by atoms with Crippen molar-refractivity contribution in [3.8, 4) is 0 Å². The Hall–Kier alpha value is -0.580. The highest BCUT2D eigenvalue weighted by Gasteiger charge is 2.55. The zero-order valence-electron chi connectivity index (χ0n) is 8.93. The summed E-state index contributed by atoms with van der Waals surface area (Å²) in [5.41, 5.74) is 6.60. The molecule has 16 heavy (non-hydrogen) atoms. The molecule has 3 atom stereocenters. The topological polar surface area (TPSA) is 60.2 Å². The second-order valence-electron chi connectivity index (χ2n) is 4.27. The summed E-state index contributed by atoms with van der Waals surface area (Å²) in [5, 5.41) is 0.336. The fourth-order valence-electron chi connectivity index (χ4n) is 2.33. The summed E-state index contributed by atoms with van der Waals surface area (Å²) in [6, 6.07) is 7.31. The number of nitrogens with two attached hydrogens (primary N) is 1. The fraction of sp³-hybridized carbons (Fsp3) is 0.455. The Kier molecular flexibility index (Phi) is 2.99. The van der Waals surface area contributed by atoms with Gasteiger partial charge in [0.15, 0.2) is 9.84 Å². The van der Waals surface area contributed by atoms with Crippen molar-refractivity contribution in [3.05, 3.63) is 34.9 Å². The molecule has 1 aliphatic rings. The molecule has 0 bridgehead atoms.